The second-order valence-electron chi connectivity index (χ2n) is 5.21. The predicted octanol–water partition coefficient (Wildman–Crippen LogP) is 4.45. The molecule has 21 heavy (non-hydrogen) atoms. The summed E-state index contributed by atoms with van der Waals surface area (Å²) in [6.07, 6.45) is 3.92. The molecule has 0 aliphatic carbocycles. The lowest BCUT2D eigenvalue weighted by Crippen LogP contribution is -2.47. The molecule has 0 saturated heterocycles. The van der Waals surface area contributed by atoms with E-state index >= 15 is 0 Å². The Labute approximate surface area is 131 Å². The molecule has 0 radical (unpaired) electrons. The van der Waals surface area contributed by atoms with Crippen LogP contribution in [-0.2, 0) is 19.7 Å². The molecule has 0 atom stereocenters. The molecule has 0 fully saturated rings. The average Bonchev–Trinajstić information content (AvgIpc) is 2.54. The SMILES string of the molecule is CCCO[Si](CCc1ccccc1)(OCCC)OCCC. The molecule has 0 spiro atoms. The van der Waals surface area contributed by atoms with Gasteiger partial charge in [0.1, 0.15) is 0 Å². The van der Waals surface area contributed by atoms with Gasteiger partial charge in [0.2, 0.25) is 0 Å². The summed E-state index contributed by atoms with van der Waals surface area (Å²) in [5.74, 6) is 0. The van der Waals surface area contributed by atoms with E-state index in [4.69, 9.17) is 13.3 Å². The molecule has 1 rings (SSSR count). The molecule has 1 aromatic carbocycles. The third kappa shape index (κ3) is 7.22. The van der Waals surface area contributed by atoms with Crippen molar-refractivity contribution in [2.24, 2.45) is 0 Å². The van der Waals surface area contributed by atoms with Crippen LogP contribution in [0.3, 0.4) is 0 Å². The highest BCUT2D eigenvalue weighted by molar-refractivity contribution is 6.60. The Morgan fingerprint density at radius 1 is 0.762 bits per heavy atom. The first kappa shape index (κ1) is 18.4. The molecule has 0 unspecified atom stereocenters. The smallest absolute Gasteiger partial charge is 0.373 e. The van der Waals surface area contributed by atoms with Gasteiger partial charge < -0.3 is 13.3 Å². The maximum Gasteiger partial charge on any atom is 0.501 e. The Kier molecular flexibility index (Phi) is 9.59. The van der Waals surface area contributed by atoms with E-state index in [0.717, 1.165) is 31.7 Å². The zero-order chi connectivity index (χ0) is 15.4. The standard InChI is InChI=1S/C17H30O3Si/c1-4-13-18-21(19-14-5-2,20-15-6-3)16-12-17-10-8-7-9-11-17/h7-11H,4-6,12-16H2,1-3H3. The van der Waals surface area contributed by atoms with Gasteiger partial charge in [-0.2, -0.15) is 0 Å². The van der Waals surface area contributed by atoms with E-state index in [1.165, 1.54) is 5.56 Å². The van der Waals surface area contributed by atoms with Crippen LogP contribution < -0.4 is 0 Å². The molecule has 120 valence electrons. The molecule has 0 aliphatic heterocycles. The van der Waals surface area contributed by atoms with Crippen LogP contribution in [0.4, 0.5) is 0 Å². The molecular formula is C17H30O3Si. The number of benzene rings is 1. The van der Waals surface area contributed by atoms with Gasteiger partial charge in [-0.1, -0.05) is 51.1 Å². The quantitative estimate of drug-likeness (QED) is 0.534. The normalized spacial score (nSPS) is 11.8. The van der Waals surface area contributed by atoms with Gasteiger partial charge in [0.15, 0.2) is 0 Å². The second kappa shape index (κ2) is 11.0. The fourth-order valence-corrected chi connectivity index (χ4v) is 4.88. The lowest BCUT2D eigenvalue weighted by Gasteiger charge is -2.29. The van der Waals surface area contributed by atoms with Crippen molar-refractivity contribution < 1.29 is 13.3 Å². The highest BCUT2D eigenvalue weighted by atomic mass is 28.4. The van der Waals surface area contributed by atoms with Crippen LogP contribution in [0.2, 0.25) is 6.04 Å². The fourth-order valence-electron chi connectivity index (χ4n) is 2.06. The van der Waals surface area contributed by atoms with Crippen LogP contribution >= 0.6 is 0 Å². The van der Waals surface area contributed by atoms with Crippen molar-refractivity contribution in [1.82, 2.24) is 0 Å². The third-order valence-electron chi connectivity index (χ3n) is 3.14. The Morgan fingerprint density at radius 3 is 1.67 bits per heavy atom. The number of rotatable bonds is 12. The third-order valence-corrected chi connectivity index (χ3v) is 5.94. The van der Waals surface area contributed by atoms with Crippen molar-refractivity contribution in [3.05, 3.63) is 35.9 Å². The van der Waals surface area contributed by atoms with Crippen LogP contribution in [0.5, 0.6) is 0 Å². The van der Waals surface area contributed by atoms with E-state index in [2.05, 4.69) is 45.0 Å². The molecular weight excluding hydrogens is 280 g/mol. The van der Waals surface area contributed by atoms with Crippen LogP contribution in [0.1, 0.15) is 45.6 Å². The summed E-state index contributed by atoms with van der Waals surface area (Å²) < 4.78 is 18.3. The maximum atomic E-state index is 6.10. The Morgan fingerprint density at radius 2 is 1.24 bits per heavy atom. The van der Waals surface area contributed by atoms with Gasteiger partial charge in [-0.05, 0) is 31.2 Å². The van der Waals surface area contributed by atoms with E-state index in [9.17, 15) is 0 Å². The van der Waals surface area contributed by atoms with Gasteiger partial charge in [-0.3, -0.25) is 0 Å². The van der Waals surface area contributed by atoms with Crippen LogP contribution in [-0.4, -0.2) is 28.6 Å². The van der Waals surface area contributed by atoms with Crippen LogP contribution in [0.25, 0.3) is 0 Å². The van der Waals surface area contributed by atoms with E-state index in [0.29, 0.717) is 19.8 Å². The first-order chi connectivity index (χ1) is 10.3. The van der Waals surface area contributed by atoms with Gasteiger partial charge in [0, 0.05) is 25.9 Å². The summed E-state index contributed by atoms with van der Waals surface area (Å²) in [6, 6.07) is 11.4. The van der Waals surface area contributed by atoms with Crippen molar-refractivity contribution in [2.45, 2.75) is 52.5 Å². The Bertz CT molecular complexity index is 335. The van der Waals surface area contributed by atoms with Crippen LogP contribution in [0, 0.1) is 0 Å². The van der Waals surface area contributed by atoms with Gasteiger partial charge in [0.25, 0.3) is 0 Å². The summed E-state index contributed by atoms with van der Waals surface area (Å²) >= 11 is 0. The first-order valence-corrected chi connectivity index (χ1v) is 10.1. The highest BCUT2D eigenvalue weighted by Crippen LogP contribution is 2.20. The molecule has 0 aliphatic rings. The van der Waals surface area contributed by atoms with Crippen molar-refractivity contribution in [3.63, 3.8) is 0 Å². The minimum absolute atomic E-state index is 0.717. The summed E-state index contributed by atoms with van der Waals surface area (Å²) in [6.45, 7) is 8.51. The largest absolute Gasteiger partial charge is 0.501 e. The average molecular weight is 311 g/mol. The zero-order valence-corrected chi connectivity index (χ0v) is 14.8. The van der Waals surface area contributed by atoms with Crippen molar-refractivity contribution in [2.75, 3.05) is 19.8 Å². The lowest BCUT2D eigenvalue weighted by molar-refractivity contribution is 0.0593. The van der Waals surface area contributed by atoms with E-state index < -0.39 is 8.80 Å². The monoisotopic (exact) mass is 310 g/mol. The molecule has 1 aromatic rings. The molecule has 0 saturated carbocycles. The van der Waals surface area contributed by atoms with Crippen molar-refractivity contribution >= 4 is 8.80 Å². The Hall–Kier alpha value is -0.683. The predicted molar refractivity (Wildman–Crippen MR) is 89.4 cm³/mol. The molecule has 0 amide bonds. The summed E-state index contributed by atoms with van der Waals surface area (Å²) in [7, 11) is -2.54. The van der Waals surface area contributed by atoms with Gasteiger partial charge in [-0.15, -0.1) is 0 Å². The number of hydrogen-bond donors (Lipinski definition) is 0. The van der Waals surface area contributed by atoms with E-state index in [1.54, 1.807) is 0 Å². The lowest BCUT2D eigenvalue weighted by atomic mass is 10.2. The summed E-state index contributed by atoms with van der Waals surface area (Å²) in [5, 5.41) is 0. The minimum atomic E-state index is -2.54. The number of hydrogen-bond acceptors (Lipinski definition) is 3. The highest BCUT2D eigenvalue weighted by Gasteiger charge is 2.40. The topological polar surface area (TPSA) is 27.7 Å². The maximum absolute atomic E-state index is 6.10. The molecule has 0 N–H and O–H groups in total. The second-order valence-corrected chi connectivity index (χ2v) is 7.95. The molecule has 0 bridgehead atoms. The van der Waals surface area contributed by atoms with E-state index in [1.807, 2.05) is 6.07 Å². The molecule has 0 heterocycles. The summed E-state index contributed by atoms with van der Waals surface area (Å²) in [4.78, 5) is 0. The minimum Gasteiger partial charge on any atom is -0.373 e. The molecule has 3 nitrogen and oxygen atoms in total. The molecule has 0 aromatic heterocycles. The van der Waals surface area contributed by atoms with Gasteiger partial charge >= 0.3 is 8.80 Å². The first-order valence-electron chi connectivity index (χ1n) is 8.22. The Balaban J connectivity index is 2.69. The fraction of sp³-hybridized carbons (Fsp3) is 0.647. The zero-order valence-electron chi connectivity index (χ0n) is 13.8. The van der Waals surface area contributed by atoms with Gasteiger partial charge in [0.05, 0.1) is 0 Å². The van der Waals surface area contributed by atoms with Gasteiger partial charge in [-0.25, -0.2) is 0 Å². The van der Waals surface area contributed by atoms with Crippen molar-refractivity contribution in [3.8, 4) is 0 Å². The van der Waals surface area contributed by atoms with E-state index in [-0.39, 0.29) is 0 Å². The van der Waals surface area contributed by atoms with Crippen molar-refractivity contribution in [1.29, 1.82) is 0 Å². The molecule has 4 heteroatoms. The summed E-state index contributed by atoms with van der Waals surface area (Å²) in [5.41, 5.74) is 1.31. The van der Waals surface area contributed by atoms with Crippen LogP contribution in [0.15, 0.2) is 30.3 Å². The number of aryl methyl sites for hydroxylation is 1.